The van der Waals surface area contributed by atoms with Gasteiger partial charge in [-0.15, -0.1) is 0 Å². The number of hydrogen-bond donors (Lipinski definition) is 1. The van der Waals surface area contributed by atoms with Crippen LogP contribution in [-0.4, -0.2) is 31.5 Å². The normalized spacial score (nSPS) is 33.7. The second-order valence-electron chi connectivity index (χ2n) is 5.33. The van der Waals surface area contributed by atoms with Gasteiger partial charge in [0.05, 0.1) is 6.10 Å². The van der Waals surface area contributed by atoms with E-state index in [9.17, 15) is 13.2 Å². The average molecular weight is 251 g/mol. The van der Waals surface area contributed by atoms with Crippen LogP contribution in [0.4, 0.5) is 13.2 Å². The van der Waals surface area contributed by atoms with Crippen LogP contribution in [0.25, 0.3) is 0 Å². The first-order valence-electron chi connectivity index (χ1n) is 6.29. The van der Waals surface area contributed by atoms with Crippen molar-refractivity contribution in [1.82, 2.24) is 5.32 Å². The third kappa shape index (κ3) is 2.19. The molecule has 0 aromatic carbocycles. The van der Waals surface area contributed by atoms with Crippen LogP contribution in [0.5, 0.6) is 0 Å². The summed E-state index contributed by atoms with van der Waals surface area (Å²) in [4.78, 5) is 0. The molecule has 3 atom stereocenters. The van der Waals surface area contributed by atoms with Crippen LogP contribution in [0.2, 0.25) is 0 Å². The highest BCUT2D eigenvalue weighted by Gasteiger charge is 2.57. The minimum absolute atomic E-state index is 0.0335. The van der Waals surface area contributed by atoms with Gasteiger partial charge in [0.1, 0.15) is 0 Å². The Hall–Kier alpha value is -0.290. The summed E-state index contributed by atoms with van der Waals surface area (Å²) in [6, 6.07) is 0.329. The van der Waals surface area contributed by atoms with Crippen molar-refractivity contribution < 1.29 is 17.9 Å². The number of hydrogen-bond acceptors (Lipinski definition) is 2. The number of ether oxygens (including phenoxy) is 1. The molecule has 100 valence electrons. The molecule has 0 aliphatic heterocycles. The van der Waals surface area contributed by atoms with Crippen molar-refractivity contribution >= 4 is 0 Å². The zero-order valence-electron chi connectivity index (χ0n) is 10.3. The maximum absolute atomic E-state index is 12.5. The molecule has 0 radical (unpaired) electrons. The molecule has 2 saturated carbocycles. The fourth-order valence-corrected chi connectivity index (χ4v) is 3.37. The lowest BCUT2D eigenvalue weighted by Crippen LogP contribution is -2.63. The van der Waals surface area contributed by atoms with Crippen LogP contribution in [0.1, 0.15) is 39.0 Å². The summed E-state index contributed by atoms with van der Waals surface area (Å²) in [5.74, 6) is 0. The maximum Gasteiger partial charge on any atom is 0.414 e. The van der Waals surface area contributed by atoms with E-state index >= 15 is 0 Å². The summed E-state index contributed by atoms with van der Waals surface area (Å²) in [5, 5.41) is 3.21. The van der Waals surface area contributed by atoms with Crippen LogP contribution in [-0.2, 0) is 4.74 Å². The third-order valence-electron chi connectivity index (χ3n) is 4.50. The number of alkyl halides is 3. The minimum atomic E-state index is -4.25. The molecule has 2 nitrogen and oxygen atoms in total. The van der Waals surface area contributed by atoms with Gasteiger partial charge in [-0.1, -0.05) is 12.8 Å². The van der Waals surface area contributed by atoms with Crippen molar-refractivity contribution in [2.24, 2.45) is 5.41 Å². The topological polar surface area (TPSA) is 21.3 Å². The monoisotopic (exact) mass is 251 g/mol. The van der Waals surface area contributed by atoms with Crippen molar-refractivity contribution in [3.8, 4) is 0 Å². The molecule has 17 heavy (non-hydrogen) atoms. The predicted octanol–water partition coefficient (Wildman–Crippen LogP) is 2.87. The zero-order valence-corrected chi connectivity index (χ0v) is 10.3. The summed E-state index contributed by atoms with van der Waals surface area (Å²) in [6.07, 6.45) is -1.21. The van der Waals surface area contributed by atoms with Crippen molar-refractivity contribution in [3.05, 3.63) is 0 Å². The molecular formula is C12H20F3NO. The Balaban J connectivity index is 1.99. The molecule has 3 unspecified atom stereocenters. The van der Waals surface area contributed by atoms with E-state index in [1.165, 1.54) is 0 Å². The summed E-state index contributed by atoms with van der Waals surface area (Å²) >= 11 is 0. The Kier molecular flexibility index (Phi) is 3.42. The lowest BCUT2D eigenvalue weighted by molar-refractivity contribution is -0.259. The molecule has 5 heteroatoms. The van der Waals surface area contributed by atoms with Crippen molar-refractivity contribution in [1.29, 1.82) is 0 Å². The lowest BCUT2D eigenvalue weighted by Gasteiger charge is -2.54. The van der Waals surface area contributed by atoms with Gasteiger partial charge in [0, 0.05) is 11.5 Å². The smallest absolute Gasteiger partial charge is 0.365 e. The largest absolute Gasteiger partial charge is 0.414 e. The molecule has 0 saturated heterocycles. The van der Waals surface area contributed by atoms with E-state index in [0.717, 1.165) is 32.6 Å². The SMILES string of the molecule is CNC1CC(OC(C)C(F)(F)F)C12CCCC2. The van der Waals surface area contributed by atoms with Gasteiger partial charge in [0.15, 0.2) is 6.10 Å². The molecule has 0 aromatic rings. The molecule has 1 N–H and O–H groups in total. The summed E-state index contributed by atoms with van der Waals surface area (Å²) in [7, 11) is 1.88. The molecule has 0 aromatic heterocycles. The van der Waals surface area contributed by atoms with E-state index < -0.39 is 12.3 Å². The van der Waals surface area contributed by atoms with Gasteiger partial charge in [-0.2, -0.15) is 13.2 Å². The fourth-order valence-electron chi connectivity index (χ4n) is 3.37. The van der Waals surface area contributed by atoms with Crippen molar-refractivity contribution in [3.63, 3.8) is 0 Å². The van der Waals surface area contributed by atoms with E-state index in [1.54, 1.807) is 0 Å². The number of rotatable bonds is 3. The average Bonchev–Trinajstić information content (AvgIpc) is 2.73. The molecule has 0 bridgehead atoms. The molecule has 0 amide bonds. The van der Waals surface area contributed by atoms with Crippen molar-refractivity contribution in [2.75, 3.05) is 7.05 Å². The maximum atomic E-state index is 12.5. The van der Waals surface area contributed by atoms with Gasteiger partial charge in [-0.25, -0.2) is 0 Å². The van der Waals surface area contributed by atoms with Gasteiger partial charge >= 0.3 is 6.18 Å². The Morgan fingerprint density at radius 2 is 1.88 bits per heavy atom. The van der Waals surface area contributed by atoms with E-state index in [2.05, 4.69) is 5.32 Å². The van der Waals surface area contributed by atoms with E-state index in [4.69, 9.17) is 4.74 Å². The molecule has 2 rings (SSSR count). The van der Waals surface area contributed by atoms with Gasteiger partial charge in [0.25, 0.3) is 0 Å². The standard InChI is InChI=1S/C12H20F3NO/c1-8(12(13,14)15)17-10-7-9(16-2)11(10)5-3-4-6-11/h8-10,16H,3-7H2,1-2H3. The minimum Gasteiger partial charge on any atom is -0.365 e. The summed E-state index contributed by atoms with van der Waals surface area (Å²) < 4.78 is 42.7. The molecular weight excluding hydrogens is 231 g/mol. The second-order valence-corrected chi connectivity index (χ2v) is 5.33. The van der Waals surface area contributed by atoms with Gasteiger partial charge < -0.3 is 10.1 Å². The quantitative estimate of drug-likeness (QED) is 0.832. The first-order valence-corrected chi connectivity index (χ1v) is 6.29. The van der Waals surface area contributed by atoms with Gasteiger partial charge in [-0.3, -0.25) is 0 Å². The van der Waals surface area contributed by atoms with Crippen LogP contribution in [0.15, 0.2) is 0 Å². The highest BCUT2D eigenvalue weighted by molar-refractivity contribution is 5.09. The van der Waals surface area contributed by atoms with Crippen molar-refractivity contribution in [2.45, 2.75) is 63.5 Å². The van der Waals surface area contributed by atoms with Gasteiger partial charge in [-0.05, 0) is 33.2 Å². The predicted molar refractivity (Wildman–Crippen MR) is 58.8 cm³/mol. The van der Waals surface area contributed by atoms with Crippen LogP contribution < -0.4 is 5.32 Å². The molecule has 1 spiro atoms. The molecule has 0 heterocycles. The highest BCUT2D eigenvalue weighted by Crippen LogP contribution is 2.55. The first kappa shape index (κ1) is 13.1. The zero-order chi connectivity index (χ0) is 12.7. The number of nitrogens with one attached hydrogen (secondary N) is 1. The second kappa shape index (κ2) is 4.43. The fraction of sp³-hybridized carbons (Fsp3) is 1.00. The lowest BCUT2D eigenvalue weighted by atomic mass is 9.60. The first-order chi connectivity index (χ1) is 7.90. The highest BCUT2D eigenvalue weighted by atomic mass is 19.4. The third-order valence-corrected chi connectivity index (χ3v) is 4.50. The molecule has 2 fully saturated rings. The molecule has 2 aliphatic rings. The Bertz CT molecular complexity index is 273. The van der Waals surface area contributed by atoms with E-state index in [0.29, 0.717) is 12.5 Å². The Morgan fingerprint density at radius 3 is 2.35 bits per heavy atom. The van der Waals surface area contributed by atoms with E-state index in [-0.39, 0.29) is 11.5 Å². The summed E-state index contributed by atoms with van der Waals surface area (Å²) in [5.41, 5.74) is -0.0335. The number of halogens is 3. The molecule has 2 aliphatic carbocycles. The van der Waals surface area contributed by atoms with Crippen LogP contribution in [0, 0.1) is 5.41 Å². The summed E-state index contributed by atoms with van der Waals surface area (Å²) in [6.45, 7) is 1.11. The van der Waals surface area contributed by atoms with Crippen LogP contribution >= 0.6 is 0 Å². The Labute approximate surface area is 99.9 Å². The van der Waals surface area contributed by atoms with Crippen LogP contribution in [0.3, 0.4) is 0 Å². The van der Waals surface area contributed by atoms with E-state index in [1.807, 2.05) is 7.05 Å². The Morgan fingerprint density at radius 1 is 1.29 bits per heavy atom. The van der Waals surface area contributed by atoms with Gasteiger partial charge in [0.2, 0.25) is 0 Å².